The molecule has 6 nitrogen and oxygen atoms in total. The molecule has 0 aliphatic heterocycles. The number of hydrogen-bond acceptors (Lipinski definition) is 4. The molecule has 0 saturated heterocycles. The second kappa shape index (κ2) is 7.38. The molecule has 7 heteroatoms. The Morgan fingerprint density at radius 1 is 1.00 bits per heavy atom. The highest BCUT2D eigenvalue weighted by atomic mass is 32.2. The van der Waals surface area contributed by atoms with Crippen molar-refractivity contribution in [3.8, 4) is 5.75 Å². The molecule has 0 amide bonds. The molecule has 0 saturated carbocycles. The monoisotopic (exact) mass is 384 g/mol. The van der Waals surface area contributed by atoms with Crippen molar-refractivity contribution in [1.29, 1.82) is 0 Å². The van der Waals surface area contributed by atoms with Crippen LogP contribution in [0.25, 0.3) is 21.8 Å². The van der Waals surface area contributed by atoms with Crippen LogP contribution in [0.5, 0.6) is 5.75 Å². The van der Waals surface area contributed by atoms with Crippen LogP contribution >= 0.6 is 0 Å². The molecule has 27 heavy (non-hydrogen) atoms. The zero-order valence-electron chi connectivity index (χ0n) is 15.2. The van der Waals surface area contributed by atoms with Gasteiger partial charge in [0.2, 0.25) is 5.69 Å². The second-order valence-corrected chi connectivity index (χ2v) is 7.57. The number of aromatic amines is 2. The van der Waals surface area contributed by atoms with E-state index in [9.17, 15) is 13.0 Å². The first kappa shape index (κ1) is 18.9. The van der Waals surface area contributed by atoms with Gasteiger partial charge in [0.25, 0.3) is 0 Å². The maximum absolute atomic E-state index is 10.4. The summed E-state index contributed by atoms with van der Waals surface area (Å²) < 4.78 is 36.4. The fourth-order valence-corrected chi connectivity index (χ4v) is 3.29. The van der Waals surface area contributed by atoms with Gasteiger partial charge in [-0.2, -0.15) is 0 Å². The Balaban J connectivity index is 0.000000168. The van der Waals surface area contributed by atoms with Crippen LogP contribution in [0.2, 0.25) is 0 Å². The minimum Gasteiger partial charge on any atom is -0.744 e. The average molecular weight is 384 g/mol. The molecule has 4 rings (SSSR count). The third-order valence-electron chi connectivity index (χ3n) is 4.28. The van der Waals surface area contributed by atoms with Crippen molar-refractivity contribution in [3.63, 3.8) is 0 Å². The van der Waals surface area contributed by atoms with Gasteiger partial charge >= 0.3 is 0 Å². The lowest BCUT2D eigenvalue weighted by atomic mass is 10.1. The minimum atomic E-state index is -4.27. The summed E-state index contributed by atoms with van der Waals surface area (Å²) in [6.45, 7) is 3.89. The Kier molecular flexibility index (Phi) is 5.16. The molecule has 2 aromatic carbocycles. The number of rotatable bonds is 2. The molecule has 0 fully saturated rings. The van der Waals surface area contributed by atoms with Crippen LogP contribution in [0, 0.1) is 13.8 Å². The number of benzene rings is 2. The fourth-order valence-electron chi connectivity index (χ4n) is 2.82. The van der Waals surface area contributed by atoms with Gasteiger partial charge in [0, 0.05) is 29.8 Å². The van der Waals surface area contributed by atoms with Crippen molar-refractivity contribution in [2.45, 2.75) is 18.7 Å². The third kappa shape index (κ3) is 4.10. The summed E-state index contributed by atoms with van der Waals surface area (Å²) in [6.07, 6.45) is 1.97. The molecule has 140 valence electrons. The van der Waals surface area contributed by atoms with Gasteiger partial charge < -0.3 is 14.3 Å². The molecule has 0 aliphatic rings. The topological polar surface area (TPSA) is 96.4 Å². The first-order chi connectivity index (χ1) is 12.8. The van der Waals surface area contributed by atoms with Gasteiger partial charge in [0.1, 0.15) is 21.4 Å². The fraction of sp³-hybridized carbons (Fsp3) is 0.150. The predicted molar refractivity (Wildman–Crippen MR) is 103 cm³/mol. The summed E-state index contributed by atoms with van der Waals surface area (Å²) in [5, 5.41) is 2.47. The SMILES string of the molecule is COc1ccc2c(c1)[nH]c1c(C)[nH+]ccc12.Cc1ccc(S(=O)(=O)[O-])cc1. The Hall–Kier alpha value is -2.90. The Bertz CT molecular complexity index is 1200. The summed E-state index contributed by atoms with van der Waals surface area (Å²) in [5.41, 5.74) is 4.34. The van der Waals surface area contributed by atoms with Crippen LogP contribution in [-0.2, 0) is 10.1 Å². The molecule has 2 N–H and O–H groups in total. The van der Waals surface area contributed by atoms with Crippen molar-refractivity contribution in [2.75, 3.05) is 7.11 Å². The van der Waals surface area contributed by atoms with E-state index < -0.39 is 10.1 Å². The Morgan fingerprint density at radius 2 is 1.70 bits per heavy atom. The van der Waals surface area contributed by atoms with Gasteiger partial charge in [0.15, 0.2) is 6.20 Å². The maximum atomic E-state index is 10.4. The number of ether oxygens (including phenoxy) is 1. The van der Waals surface area contributed by atoms with Crippen molar-refractivity contribution >= 4 is 31.9 Å². The molecule has 0 radical (unpaired) electrons. The normalized spacial score (nSPS) is 11.3. The second-order valence-electron chi connectivity index (χ2n) is 6.20. The van der Waals surface area contributed by atoms with Crippen molar-refractivity contribution < 1.29 is 22.7 Å². The Labute approximate surface area is 157 Å². The van der Waals surface area contributed by atoms with Gasteiger partial charge in [-0.3, -0.25) is 0 Å². The highest BCUT2D eigenvalue weighted by Crippen LogP contribution is 2.28. The zero-order chi connectivity index (χ0) is 19.6. The standard InChI is InChI=1S/C13H12N2O.C7H8O3S/c1-8-13-11(5-6-14-8)10-4-3-9(16-2)7-12(10)15-13;1-6-2-4-7(5-3-6)11(8,9)10/h3-7,15H,1-2H3;2-5H,1H3,(H,8,9,10). The number of aromatic nitrogens is 2. The lowest BCUT2D eigenvalue weighted by molar-refractivity contribution is -0.385. The molecule has 0 aliphatic carbocycles. The van der Waals surface area contributed by atoms with E-state index in [4.69, 9.17) is 4.74 Å². The minimum absolute atomic E-state index is 0.178. The summed E-state index contributed by atoms with van der Waals surface area (Å²) >= 11 is 0. The van der Waals surface area contributed by atoms with E-state index in [0.717, 1.165) is 28.0 Å². The van der Waals surface area contributed by atoms with Crippen LogP contribution in [0.3, 0.4) is 0 Å². The molecular formula is C20H20N2O4S. The van der Waals surface area contributed by atoms with Gasteiger partial charge in [-0.25, -0.2) is 13.4 Å². The van der Waals surface area contributed by atoms with E-state index in [1.165, 1.54) is 22.9 Å². The van der Waals surface area contributed by atoms with Crippen LogP contribution < -0.4 is 9.72 Å². The smallest absolute Gasteiger partial charge is 0.200 e. The number of aryl methyl sites for hydroxylation is 2. The van der Waals surface area contributed by atoms with E-state index in [1.54, 1.807) is 19.2 Å². The molecule has 0 spiro atoms. The van der Waals surface area contributed by atoms with Crippen LogP contribution in [-0.4, -0.2) is 25.1 Å². The predicted octanol–water partition coefficient (Wildman–Crippen LogP) is 3.35. The largest absolute Gasteiger partial charge is 0.744 e. The number of H-pyrrole nitrogens is 2. The summed E-state index contributed by atoms with van der Waals surface area (Å²) in [6, 6.07) is 14.0. The van der Waals surface area contributed by atoms with Crippen LogP contribution in [0.1, 0.15) is 11.3 Å². The van der Waals surface area contributed by atoms with Gasteiger partial charge in [-0.1, -0.05) is 17.7 Å². The van der Waals surface area contributed by atoms with E-state index in [2.05, 4.69) is 29.0 Å². The maximum Gasteiger partial charge on any atom is 0.200 e. The first-order valence-corrected chi connectivity index (χ1v) is 9.69. The molecular weight excluding hydrogens is 364 g/mol. The van der Waals surface area contributed by atoms with Crippen molar-refractivity contribution in [1.82, 2.24) is 4.98 Å². The third-order valence-corrected chi connectivity index (χ3v) is 5.13. The summed E-state index contributed by atoms with van der Waals surface area (Å²) in [7, 11) is -2.59. The number of hydrogen-bond donors (Lipinski definition) is 1. The molecule has 2 aromatic heterocycles. The summed E-state index contributed by atoms with van der Waals surface area (Å²) in [5.74, 6) is 0.876. The molecule has 2 heterocycles. The number of nitrogens with one attached hydrogen (secondary N) is 2. The summed E-state index contributed by atoms with van der Waals surface area (Å²) in [4.78, 5) is 6.43. The highest BCUT2D eigenvalue weighted by molar-refractivity contribution is 7.85. The highest BCUT2D eigenvalue weighted by Gasteiger charge is 2.09. The zero-order valence-corrected chi connectivity index (χ0v) is 16.1. The average Bonchev–Trinajstić information content (AvgIpc) is 3.01. The quantitative estimate of drug-likeness (QED) is 0.536. The molecule has 0 atom stereocenters. The van der Waals surface area contributed by atoms with Gasteiger partial charge in [0.05, 0.1) is 17.5 Å². The van der Waals surface area contributed by atoms with Gasteiger partial charge in [-0.05, 0) is 31.2 Å². The van der Waals surface area contributed by atoms with Crippen molar-refractivity contribution in [3.05, 3.63) is 66.0 Å². The van der Waals surface area contributed by atoms with Gasteiger partial charge in [-0.15, -0.1) is 0 Å². The lowest BCUT2D eigenvalue weighted by Crippen LogP contribution is -2.05. The van der Waals surface area contributed by atoms with E-state index in [1.807, 2.05) is 25.3 Å². The van der Waals surface area contributed by atoms with E-state index >= 15 is 0 Å². The number of pyridine rings is 1. The lowest BCUT2D eigenvalue weighted by Gasteiger charge is -2.05. The van der Waals surface area contributed by atoms with E-state index in [-0.39, 0.29) is 4.90 Å². The molecule has 0 unspecified atom stereocenters. The number of methoxy groups -OCH3 is 1. The molecule has 4 aromatic rings. The van der Waals surface area contributed by atoms with Crippen LogP contribution in [0.15, 0.2) is 59.6 Å². The Morgan fingerprint density at radius 3 is 2.33 bits per heavy atom. The number of fused-ring (bicyclic) bond motifs is 3. The van der Waals surface area contributed by atoms with Crippen LogP contribution in [0.4, 0.5) is 0 Å². The first-order valence-electron chi connectivity index (χ1n) is 8.29. The molecule has 0 bridgehead atoms. The van der Waals surface area contributed by atoms with E-state index in [0.29, 0.717) is 0 Å². The van der Waals surface area contributed by atoms with Crippen molar-refractivity contribution in [2.24, 2.45) is 0 Å².